The third-order valence-corrected chi connectivity index (χ3v) is 7.37. The summed E-state index contributed by atoms with van der Waals surface area (Å²) in [6.45, 7) is 9.11. The first-order chi connectivity index (χ1) is 21.4. The van der Waals surface area contributed by atoms with Crippen LogP contribution in [0.1, 0.15) is 58.6 Å². The zero-order valence-corrected chi connectivity index (χ0v) is 26.9. The Morgan fingerprint density at radius 1 is 0.956 bits per heavy atom. The summed E-state index contributed by atoms with van der Waals surface area (Å²) in [7, 11) is 0. The maximum atomic E-state index is 13.4. The molecule has 242 valence electrons. The van der Waals surface area contributed by atoms with Gasteiger partial charge in [0.05, 0.1) is 18.6 Å². The minimum absolute atomic E-state index is 0.0397. The van der Waals surface area contributed by atoms with Gasteiger partial charge in [-0.2, -0.15) is 0 Å². The number of hydrogen-bond donors (Lipinski definition) is 2. The van der Waals surface area contributed by atoms with Crippen molar-refractivity contribution >= 4 is 29.8 Å². The number of ether oxygens (including phenoxy) is 3. The van der Waals surface area contributed by atoms with Crippen LogP contribution in [-0.2, 0) is 40.0 Å². The predicted molar refractivity (Wildman–Crippen MR) is 172 cm³/mol. The molecule has 0 bridgehead atoms. The second kappa shape index (κ2) is 17.3. The van der Waals surface area contributed by atoms with E-state index in [4.69, 9.17) is 14.2 Å². The standard InChI is InChI=1S/C36H46N2O7/c1-25(2)21-31-34(41)44-30(26(3)19-20-27-13-8-6-9-14-27)17-12-18-32(39)38-29(23-43-22-28-15-10-7-11-16-28)33(40)37-24-36(4,5)35(42)45-31/h6-16,18-20,25-26,29-31H,17,21-24H2,1-5H3,(H,37,40)(H,38,39)/b18-12+,20-19+/t26-,29-,30?,31?/m1/s1. The molecule has 2 aromatic carbocycles. The Hall–Kier alpha value is -4.24. The van der Waals surface area contributed by atoms with Crippen LogP contribution in [0.15, 0.2) is 78.9 Å². The van der Waals surface area contributed by atoms with Gasteiger partial charge in [0.25, 0.3) is 0 Å². The van der Waals surface area contributed by atoms with Gasteiger partial charge in [-0.3, -0.25) is 14.4 Å². The van der Waals surface area contributed by atoms with Crippen LogP contribution in [0.3, 0.4) is 0 Å². The van der Waals surface area contributed by atoms with Crippen molar-refractivity contribution in [3.63, 3.8) is 0 Å². The van der Waals surface area contributed by atoms with Gasteiger partial charge in [-0.1, -0.05) is 99.7 Å². The molecule has 4 atom stereocenters. The number of hydrogen-bond acceptors (Lipinski definition) is 7. The Bertz CT molecular complexity index is 1320. The molecule has 2 N–H and O–H groups in total. The second-order valence-electron chi connectivity index (χ2n) is 12.4. The molecule has 2 unspecified atom stereocenters. The Labute approximate surface area is 266 Å². The number of amides is 2. The minimum atomic E-state index is -1.17. The quantitative estimate of drug-likeness (QED) is 0.379. The van der Waals surface area contributed by atoms with Gasteiger partial charge in [-0.05, 0) is 43.4 Å². The van der Waals surface area contributed by atoms with E-state index in [2.05, 4.69) is 10.6 Å². The fraction of sp³-hybridized carbons (Fsp3) is 0.444. The lowest BCUT2D eigenvalue weighted by atomic mass is 9.93. The highest BCUT2D eigenvalue weighted by molar-refractivity contribution is 5.93. The summed E-state index contributed by atoms with van der Waals surface area (Å²) >= 11 is 0. The van der Waals surface area contributed by atoms with Crippen molar-refractivity contribution in [2.75, 3.05) is 13.2 Å². The predicted octanol–water partition coefficient (Wildman–Crippen LogP) is 5.01. The first-order valence-electron chi connectivity index (χ1n) is 15.5. The van der Waals surface area contributed by atoms with Crippen molar-refractivity contribution in [2.24, 2.45) is 17.3 Å². The van der Waals surface area contributed by atoms with Crippen LogP contribution < -0.4 is 10.6 Å². The van der Waals surface area contributed by atoms with Gasteiger partial charge >= 0.3 is 11.9 Å². The summed E-state index contributed by atoms with van der Waals surface area (Å²) in [5.41, 5.74) is 0.742. The number of esters is 2. The van der Waals surface area contributed by atoms with Crippen LogP contribution in [0.25, 0.3) is 6.08 Å². The van der Waals surface area contributed by atoms with E-state index < -0.39 is 47.4 Å². The van der Waals surface area contributed by atoms with E-state index in [1.165, 1.54) is 6.08 Å². The van der Waals surface area contributed by atoms with Crippen LogP contribution in [0.4, 0.5) is 0 Å². The number of benzene rings is 2. The van der Waals surface area contributed by atoms with E-state index in [0.29, 0.717) is 0 Å². The largest absolute Gasteiger partial charge is 0.459 e. The van der Waals surface area contributed by atoms with E-state index in [0.717, 1.165) is 11.1 Å². The molecule has 1 aliphatic rings. The van der Waals surface area contributed by atoms with Crippen molar-refractivity contribution in [2.45, 2.75) is 72.3 Å². The molecule has 0 aliphatic carbocycles. The molecule has 0 aromatic heterocycles. The molecular weight excluding hydrogens is 572 g/mol. The zero-order chi connectivity index (χ0) is 32.8. The average Bonchev–Trinajstić information content (AvgIpc) is 3.01. The molecule has 9 nitrogen and oxygen atoms in total. The molecule has 0 radical (unpaired) electrons. The van der Waals surface area contributed by atoms with Gasteiger partial charge in [0.1, 0.15) is 12.1 Å². The van der Waals surface area contributed by atoms with Gasteiger partial charge in [-0.15, -0.1) is 0 Å². The number of nitrogens with one attached hydrogen (secondary N) is 2. The lowest BCUT2D eigenvalue weighted by molar-refractivity contribution is -0.178. The molecule has 45 heavy (non-hydrogen) atoms. The number of carbonyl (C=O) groups excluding carboxylic acids is 4. The maximum absolute atomic E-state index is 13.4. The van der Waals surface area contributed by atoms with E-state index in [1.54, 1.807) is 19.9 Å². The van der Waals surface area contributed by atoms with Crippen molar-refractivity contribution < 1.29 is 33.4 Å². The van der Waals surface area contributed by atoms with Crippen LogP contribution >= 0.6 is 0 Å². The van der Waals surface area contributed by atoms with Crippen LogP contribution in [0.5, 0.6) is 0 Å². The molecule has 0 saturated carbocycles. The molecule has 1 heterocycles. The highest BCUT2D eigenvalue weighted by atomic mass is 16.6. The average molecular weight is 619 g/mol. The number of cyclic esters (lactones) is 2. The molecule has 0 fully saturated rings. The number of carbonyl (C=O) groups is 4. The molecule has 0 saturated heterocycles. The monoisotopic (exact) mass is 618 g/mol. The first-order valence-corrected chi connectivity index (χ1v) is 15.5. The summed E-state index contributed by atoms with van der Waals surface area (Å²) in [5.74, 6) is -2.50. The van der Waals surface area contributed by atoms with Crippen molar-refractivity contribution in [1.29, 1.82) is 0 Å². The van der Waals surface area contributed by atoms with Crippen molar-refractivity contribution in [1.82, 2.24) is 10.6 Å². The molecule has 9 heteroatoms. The lowest BCUT2D eigenvalue weighted by Crippen LogP contribution is -2.52. The van der Waals surface area contributed by atoms with E-state index in [1.807, 2.05) is 93.6 Å². The summed E-state index contributed by atoms with van der Waals surface area (Å²) in [6, 6.07) is 18.2. The van der Waals surface area contributed by atoms with Gasteiger partial charge in [0, 0.05) is 18.9 Å². The normalized spacial score (nSPS) is 23.1. The molecule has 0 spiro atoms. The summed E-state index contributed by atoms with van der Waals surface area (Å²) < 4.78 is 17.5. The molecular formula is C36H46N2O7. The first kappa shape index (κ1) is 35.2. The maximum Gasteiger partial charge on any atom is 0.347 e. The molecule has 1 aliphatic heterocycles. The number of rotatable bonds is 9. The molecule has 2 aromatic rings. The third-order valence-electron chi connectivity index (χ3n) is 7.37. The smallest absolute Gasteiger partial charge is 0.347 e. The summed E-state index contributed by atoms with van der Waals surface area (Å²) in [4.78, 5) is 52.9. The Balaban J connectivity index is 1.86. The Morgan fingerprint density at radius 2 is 1.62 bits per heavy atom. The van der Waals surface area contributed by atoms with Gasteiger partial charge < -0.3 is 24.8 Å². The Morgan fingerprint density at radius 3 is 2.29 bits per heavy atom. The summed E-state index contributed by atoms with van der Waals surface area (Å²) in [5, 5.41) is 5.44. The zero-order valence-electron chi connectivity index (χ0n) is 26.9. The highest BCUT2D eigenvalue weighted by Crippen LogP contribution is 2.23. The van der Waals surface area contributed by atoms with Gasteiger partial charge in [0.15, 0.2) is 6.10 Å². The minimum Gasteiger partial charge on any atom is -0.459 e. The summed E-state index contributed by atoms with van der Waals surface area (Å²) in [6.07, 6.45) is 5.54. The van der Waals surface area contributed by atoms with Crippen LogP contribution in [-0.4, -0.2) is 55.2 Å². The topological polar surface area (TPSA) is 120 Å². The lowest BCUT2D eigenvalue weighted by Gasteiger charge is -2.29. The SMILES string of the molecule is CC(C)CC1OC(=O)C(C)(C)CNC(=O)[C@@H](COCc2ccccc2)NC(=O)/C=C/CC([C@H](C)/C=C/c2ccccc2)OC1=O. The van der Waals surface area contributed by atoms with Gasteiger partial charge in [-0.25, -0.2) is 4.79 Å². The third kappa shape index (κ3) is 12.0. The van der Waals surface area contributed by atoms with Gasteiger partial charge in [0.2, 0.25) is 11.8 Å². The molecule has 2 amide bonds. The fourth-order valence-electron chi connectivity index (χ4n) is 4.54. The second-order valence-corrected chi connectivity index (χ2v) is 12.4. The van der Waals surface area contributed by atoms with Crippen LogP contribution in [0.2, 0.25) is 0 Å². The van der Waals surface area contributed by atoms with Crippen LogP contribution in [0, 0.1) is 17.3 Å². The Kier molecular flexibility index (Phi) is 13.5. The van der Waals surface area contributed by atoms with Crippen molar-refractivity contribution in [3.8, 4) is 0 Å². The van der Waals surface area contributed by atoms with Crippen molar-refractivity contribution in [3.05, 3.63) is 90.0 Å². The fourth-order valence-corrected chi connectivity index (χ4v) is 4.54. The van der Waals surface area contributed by atoms with E-state index in [9.17, 15) is 19.2 Å². The highest BCUT2D eigenvalue weighted by Gasteiger charge is 2.37. The van der Waals surface area contributed by atoms with E-state index >= 15 is 0 Å². The molecule has 3 rings (SSSR count). The van der Waals surface area contributed by atoms with E-state index in [-0.39, 0.29) is 44.4 Å².